The Balaban J connectivity index is 2.78. The van der Waals surface area contributed by atoms with Crippen molar-refractivity contribution in [2.45, 2.75) is 13.8 Å². The molecule has 0 saturated carbocycles. The SMILES string of the molecule is C/C(=N/NC(N)=S)c1cn[nH]c1C. The largest absolute Gasteiger partial charge is 0.375 e. The number of nitrogens with two attached hydrogens (primary N) is 1. The van der Waals surface area contributed by atoms with Gasteiger partial charge in [0.2, 0.25) is 0 Å². The lowest BCUT2D eigenvalue weighted by atomic mass is 10.2. The Morgan fingerprint density at radius 2 is 2.46 bits per heavy atom. The highest BCUT2D eigenvalue weighted by Crippen LogP contribution is 2.03. The molecule has 5 nitrogen and oxygen atoms in total. The van der Waals surface area contributed by atoms with Crippen molar-refractivity contribution in [2.75, 3.05) is 0 Å². The molecule has 6 heteroatoms. The number of hydrogen-bond acceptors (Lipinski definition) is 3. The summed E-state index contributed by atoms with van der Waals surface area (Å²) in [6.45, 7) is 3.77. The topological polar surface area (TPSA) is 79.1 Å². The molecular weight excluding hydrogens is 186 g/mol. The molecule has 1 rings (SSSR count). The first-order valence-corrected chi connectivity index (χ1v) is 4.12. The highest BCUT2D eigenvalue weighted by atomic mass is 32.1. The van der Waals surface area contributed by atoms with Gasteiger partial charge in [-0.1, -0.05) is 0 Å². The van der Waals surface area contributed by atoms with E-state index in [-0.39, 0.29) is 5.11 Å². The summed E-state index contributed by atoms with van der Waals surface area (Å²) < 4.78 is 0. The number of hydrogen-bond donors (Lipinski definition) is 3. The van der Waals surface area contributed by atoms with Gasteiger partial charge in [0.25, 0.3) is 0 Å². The summed E-state index contributed by atoms with van der Waals surface area (Å²) in [5, 5.41) is 10.8. The average molecular weight is 197 g/mol. The average Bonchev–Trinajstić information content (AvgIpc) is 2.47. The molecule has 0 unspecified atom stereocenters. The summed E-state index contributed by atoms with van der Waals surface area (Å²) in [6, 6.07) is 0. The maximum Gasteiger partial charge on any atom is 0.184 e. The van der Waals surface area contributed by atoms with Crippen LogP contribution >= 0.6 is 12.2 Å². The van der Waals surface area contributed by atoms with Gasteiger partial charge < -0.3 is 5.73 Å². The third-order valence-electron chi connectivity index (χ3n) is 1.55. The number of rotatable bonds is 2. The van der Waals surface area contributed by atoms with Crippen molar-refractivity contribution in [1.29, 1.82) is 0 Å². The van der Waals surface area contributed by atoms with Crippen LogP contribution in [0.2, 0.25) is 0 Å². The minimum absolute atomic E-state index is 0.153. The van der Waals surface area contributed by atoms with Crippen LogP contribution in [0, 0.1) is 6.92 Å². The Morgan fingerprint density at radius 1 is 1.77 bits per heavy atom. The molecule has 1 heterocycles. The Morgan fingerprint density at radius 3 is 2.92 bits per heavy atom. The van der Waals surface area contributed by atoms with Gasteiger partial charge in [0.05, 0.1) is 11.9 Å². The van der Waals surface area contributed by atoms with Crippen LogP contribution in [-0.4, -0.2) is 21.0 Å². The fraction of sp³-hybridized carbons (Fsp3) is 0.286. The van der Waals surface area contributed by atoms with E-state index in [1.807, 2.05) is 13.8 Å². The van der Waals surface area contributed by atoms with E-state index in [9.17, 15) is 0 Å². The van der Waals surface area contributed by atoms with Gasteiger partial charge in [-0.25, -0.2) is 0 Å². The zero-order valence-electron chi connectivity index (χ0n) is 7.46. The standard InChI is InChI=1S/C7H11N5S/c1-4-6(3-9-10-4)5(2)11-12-7(8)13/h3H,1-2H3,(H,9,10)(H3,8,12,13)/b11-5-. The van der Waals surface area contributed by atoms with Gasteiger partial charge in [-0.3, -0.25) is 10.5 Å². The van der Waals surface area contributed by atoms with E-state index in [1.54, 1.807) is 6.20 Å². The quantitative estimate of drug-likeness (QED) is 0.361. The van der Waals surface area contributed by atoms with E-state index in [0.29, 0.717) is 0 Å². The van der Waals surface area contributed by atoms with Crippen LogP contribution in [0.1, 0.15) is 18.2 Å². The molecule has 1 aromatic heterocycles. The van der Waals surface area contributed by atoms with E-state index < -0.39 is 0 Å². The zero-order chi connectivity index (χ0) is 9.84. The number of aromatic amines is 1. The number of H-pyrrole nitrogens is 1. The summed E-state index contributed by atoms with van der Waals surface area (Å²) in [5.41, 5.74) is 10.4. The molecule has 4 N–H and O–H groups in total. The van der Waals surface area contributed by atoms with Gasteiger partial charge in [0.15, 0.2) is 5.11 Å². The summed E-state index contributed by atoms with van der Waals surface area (Å²) in [7, 11) is 0. The predicted octanol–water partition coefficient (Wildman–Crippen LogP) is 0.275. The number of aryl methyl sites for hydroxylation is 1. The molecule has 0 spiro atoms. The van der Waals surface area contributed by atoms with Gasteiger partial charge in [0.1, 0.15) is 0 Å². The lowest BCUT2D eigenvalue weighted by Crippen LogP contribution is -2.25. The molecule has 0 aliphatic heterocycles. The number of nitrogens with one attached hydrogen (secondary N) is 2. The Labute approximate surface area is 81.4 Å². The van der Waals surface area contributed by atoms with Crippen LogP contribution < -0.4 is 11.2 Å². The summed E-state index contributed by atoms with van der Waals surface area (Å²) in [5.74, 6) is 0. The molecule has 0 radical (unpaired) electrons. The fourth-order valence-electron chi connectivity index (χ4n) is 0.915. The molecule has 0 atom stereocenters. The Bertz CT molecular complexity index is 340. The van der Waals surface area contributed by atoms with Gasteiger partial charge in [-0.05, 0) is 26.1 Å². The van der Waals surface area contributed by atoms with Crippen LogP contribution in [0.3, 0.4) is 0 Å². The van der Waals surface area contributed by atoms with Gasteiger partial charge in [-0.15, -0.1) is 0 Å². The minimum Gasteiger partial charge on any atom is -0.375 e. The van der Waals surface area contributed by atoms with Crippen LogP contribution in [-0.2, 0) is 0 Å². The Hall–Kier alpha value is -1.43. The first-order valence-electron chi connectivity index (χ1n) is 3.71. The first kappa shape index (κ1) is 9.66. The van der Waals surface area contributed by atoms with Crippen LogP contribution in [0.15, 0.2) is 11.3 Å². The van der Waals surface area contributed by atoms with E-state index in [1.165, 1.54) is 0 Å². The third kappa shape index (κ3) is 2.51. The minimum atomic E-state index is 0.153. The van der Waals surface area contributed by atoms with Crippen molar-refractivity contribution in [2.24, 2.45) is 10.8 Å². The smallest absolute Gasteiger partial charge is 0.184 e. The molecule has 0 aromatic carbocycles. The fourth-order valence-corrected chi connectivity index (χ4v) is 0.960. The lowest BCUT2D eigenvalue weighted by molar-refractivity contribution is 1.03. The van der Waals surface area contributed by atoms with Crippen molar-refractivity contribution in [1.82, 2.24) is 15.6 Å². The van der Waals surface area contributed by atoms with Gasteiger partial charge >= 0.3 is 0 Å². The lowest BCUT2D eigenvalue weighted by Gasteiger charge is -1.99. The molecule has 0 aliphatic rings. The normalized spacial score (nSPS) is 11.4. The van der Waals surface area contributed by atoms with Gasteiger partial charge in [-0.2, -0.15) is 10.2 Å². The summed E-state index contributed by atoms with van der Waals surface area (Å²) >= 11 is 4.61. The van der Waals surface area contributed by atoms with E-state index in [2.05, 4.69) is 32.9 Å². The van der Waals surface area contributed by atoms with Crippen molar-refractivity contribution >= 4 is 23.0 Å². The van der Waals surface area contributed by atoms with E-state index >= 15 is 0 Å². The molecule has 13 heavy (non-hydrogen) atoms. The molecule has 70 valence electrons. The summed E-state index contributed by atoms with van der Waals surface area (Å²) in [6.07, 6.45) is 1.70. The highest BCUT2D eigenvalue weighted by Gasteiger charge is 2.02. The number of hydrazone groups is 1. The number of aromatic nitrogens is 2. The molecule has 0 saturated heterocycles. The molecule has 1 aromatic rings. The van der Waals surface area contributed by atoms with E-state index in [4.69, 9.17) is 5.73 Å². The van der Waals surface area contributed by atoms with Gasteiger partial charge in [0, 0.05) is 11.3 Å². The monoisotopic (exact) mass is 197 g/mol. The number of thiocarbonyl (C=S) groups is 1. The molecule has 0 fully saturated rings. The highest BCUT2D eigenvalue weighted by molar-refractivity contribution is 7.80. The van der Waals surface area contributed by atoms with Crippen LogP contribution in [0.4, 0.5) is 0 Å². The van der Waals surface area contributed by atoms with Crippen molar-refractivity contribution in [3.63, 3.8) is 0 Å². The predicted molar refractivity (Wildman–Crippen MR) is 55.5 cm³/mol. The van der Waals surface area contributed by atoms with E-state index in [0.717, 1.165) is 17.0 Å². The van der Waals surface area contributed by atoms with Crippen LogP contribution in [0.25, 0.3) is 0 Å². The van der Waals surface area contributed by atoms with Crippen molar-refractivity contribution in [3.8, 4) is 0 Å². The summed E-state index contributed by atoms with van der Waals surface area (Å²) in [4.78, 5) is 0. The first-order chi connectivity index (χ1) is 6.11. The molecule has 0 amide bonds. The molecule has 0 aliphatic carbocycles. The maximum atomic E-state index is 5.22. The van der Waals surface area contributed by atoms with Crippen LogP contribution in [0.5, 0.6) is 0 Å². The Kier molecular flexibility index (Phi) is 2.97. The second-order valence-corrected chi connectivity index (χ2v) is 3.02. The second kappa shape index (κ2) is 3.99. The molecular formula is C7H11N5S. The zero-order valence-corrected chi connectivity index (χ0v) is 8.27. The number of nitrogens with zero attached hydrogens (tertiary/aromatic N) is 2. The second-order valence-electron chi connectivity index (χ2n) is 2.58. The van der Waals surface area contributed by atoms with Crippen molar-refractivity contribution in [3.05, 3.63) is 17.5 Å². The molecule has 0 bridgehead atoms. The maximum absolute atomic E-state index is 5.22. The van der Waals surface area contributed by atoms with Crippen molar-refractivity contribution < 1.29 is 0 Å². The third-order valence-corrected chi connectivity index (χ3v) is 1.64.